The highest BCUT2D eigenvalue weighted by molar-refractivity contribution is 4.57. The van der Waals surface area contributed by atoms with E-state index in [2.05, 4.69) is 10.0 Å². The predicted octanol–water partition coefficient (Wildman–Crippen LogP) is 0.345. The lowest BCUT2D eigenvalue weighted by molar-refractivity contribution is -0.155. The Kier molecular flexibility index (Phi) is 2.27. The van der Waals surface area contributed by atoms with Crippen molar-refractivity contribution in [1.29, 1.82) is 0 Å². The summed E-state index contributed by atoms with van der Waals surface area (Å²) in [6.07, 6.45) is -0.00292. The van der Waals surface area contributed by atoms with Crippen LogP contribution in [0.25, 0.3) is 10.4 Å². The standard InChI is InChI=1S/C3H7N3O2/c1-2-3(7,8)5-6-4/h7-8H,2H2,1H3. The van der Waals surface area contributed by atoms with Crippen LogP contribution in [-0.4, -0.2) is 16.1 Å². The largest absolute Gasteiger partial charge is 0.361 e. The van der Waals surface area contributed by atoms with Gasteiger partial charge in [0.05, 0.1) is 0 Å². The van der Waals surface area contributed by atoms with Gasteiger partial charge in [0.25, 0.3) is 0 Å². The quantitative estimate of drug-likeness (QED) is 0.236. The maximum absolute atomic E-state index is 8.46. The van der Waals surface area contributed by atoms with Crippen LogP contribution in [0, 0.1) is 0 Å². The molecule has 0 saturated heterocycles. The van der Waals surface area contributed by atoms with Gasteiger partial charge in [0.15, 0.2) is 0 Å². The molecule has 5 nitrogen and oxygen atoms in total. The molecule has 0 aliphatic heterocycles. The fourth-order valence-electron chi connectivity index (χ4n) is 0.142. The molecular weight excluding hydrogens is 110 g/mol. The molecule has 0 aromatic heterocycles. The summed E-state index contributed by atoms with van der Waals surface area (Å²) in [5, 5.41) is 19.6. The molecule has 0 aromatic carbocycles. The fraction of sp³-hybridized carbons (Fsp3) is 1.00. The molecule has 5 heteroatoms. The SMILES string of the molecule is CCC(O)(O)N=[N+]=[N-]. The van der Waals surface area contributed by atoms with E-state index in [1.54, 1.807) is 0 Å². The minimum atomic E-state index is -2.20. The van der Waals surface area contributed by atoms with E-state index < -0.39 is 5.91 Å². The topological polar surface area (TPSA) is 89.2 Å². The Balaban J connectivity index is 3.90. The summed E-state index contributed by atoms with van der Waals surface area (Å²) in [7, 11) is 0. The Hall–Kier alpha value is -0.770. The van der Waals surface area contributed by atoms with Crippen LogP contribution in [-0.2, 0) is 0 Å². The smallest absolute Gasteiger partial charge is 0.244 e. The van der Waals surface area contributed by atoms with Gasteiger partial charge in [-0.15, -0.1) is 0 Å². The van der Waals surface area contributed by atoms with Crippen LogP contribution in [0.4, 0.5) is 0 Å². The molecule has 0 radical (unpaired) electrons. The second-order valence-electron chi connectivity index (χ2n) is 1.32. The first-order chi connectivity index (χ1) is 3.62. The highest BCUT2D eigenvalue weighted by atomic mass is 16.5. The highest BCUT2D eigenvalue weighted by Gasteiger charge is 2.15. The van der Waals surface area contributed by atoms with E-state index in [0.29, 0.717) is 0 Å². The van der Waals surface area contributed by atoms with Crippen molar-refractivity contribution >= 4 is 0 Å². The van der Waals surface area contributed by atoms with Gasteiger partial charge in [-0.25, -0.2) is 0 Å². The molecule has 0 atom stereocenters. The molecule has 0 aliphatic rings. The normalized spacial score (nSPS) is 10.4. The second-order valence-corrected chi connectivity index (χ2v) is 1.32. The van der Waals surface area contributed by atoms with E-state index in [-0.39, 0.29) is 6.42 Å². The molecule has 0 fully saturated rings. The average Bonchev–Trinajstić information content (AvgIpc) is 1.67. The minimum Gasteiger partial charge on any atom is -0.361 e. The lowest BCUT2D eigenvalue weighted by Gasteiger charge is -2.09. The van der Waals surface area contributed by atoms with Crippen LogP contribution in [0.5, 0.6) is 0 Å². The van der Waals surface area contributed by atoms with E-state index in [1.165, 1.54) is 6.92 Å². The average molecular weight is 117 g/mol. The van der Waals surface area contributed by atoms with Crippen LogP contribution in [0.15, 0.2) is 5.11 Å². The first kappa shape index (κ1) is 7.23. The number of hydrogen-bond acceptors (Lipinski definition) is 3. The summed E-state index contributed by atoms with van der Waals surface area (Å²) in [5.41, 5.74) is 7.67. The van der Waals surface area contributed by atoms with E-state index in [1.807, 2.05) is 0 Å². The Bertz CT molecular complexity index is 116. The summed E-state index contributed by atoms with van der Waals surface area (Å²) in [6.45, 7) is 1.49. The first-order valence-electron chi connectivity index (χ1n) is 2.13. The molecule has 0 unspecified atom stereocenters. The molecule has 0 heterocycles. The van der Waals surface area contributed by atoms with Gasteiger partial charge in [-0.2, -0.15) is 0 Å². The zero-order valence-electron chi connectivity index (χ0n) is 4.44. The molecular formula is C3H7N3O2. The van der Waals surface area contributed by atoms with Gasteiger partial charge < -0.3 is 10.2 Å². The van der Waals surface area contributed by atoms with Gasteiger partial charge in [-0.3, -0.25) is 0 Å². The highest BCUT2D eigenvalue weighted by Crippen LogP contribution is 2.04. The monoisotopic (exact) mass is 117 g/mol. The Morgan fingerprint density at radius 1 is 1.75 bits per heavy atom. The van der Waals surface area contributed by atoms with Crippen molar-refractivity contribution in [3.05, 3.63) is 10.4 Å². The molecule has 0 bridgehead atoms. The summed E-state index contributed by atoms with van der Waals surface area (Å²) in [4.78, 5) is 2.20. The van der Waals surface area contributed by atoms with Gasteiger partial charge in [0, 0.05) is 11.3 Å². The summed E-state index contributed by atoms with van der Waals surface area (Å²) < 4.78 is 0. The van der Waals surface area contributed by atoms with Crippen molar-refractivity contribution in [2.75, 3.05) is 0 Å². The van der Waals surface area contributed by atoms with Crippen LogP contribution >= 0.6 is 0 Å². The lowest BCUT2D eigenvalue weighted by atomic mass is 10.4. The molecule has 0 aliphatic carbocycles. The van der Waals surface area contributed by atoms with Gasteiger partial charge in [-0.1, -0.05) is 6.92 Å². The van der Waals surface area contributed by atoms with Crippen molar-refractivity contribution in [3.63, 3.8) is 0 Å². The molecule has 46 valence electrons. The predicted molar refractivity (Wildman–Crippen MR) is 26.6 cm³/mol. The van der Waals surface area contributed by atoms with Gasteiger partial charge in [0.1, 0.15) is 0 Å². The Morgan fingerprint density at radius 2 is 2.25 bits per heavy atom. The molecule has 0 saturated carbocycles. The number of rotatable bonds is 2. The third kappa shape index (κ3) is 2.41. The molecule has 0 rings (SSSR count). The van der Waals surface area contributed by atoms with Gasteiger partial charge in [0.2, 0.25) is 5.91 Å². The number of aliphatic hydroxyl groups is 2. The van der Waals surface area contributed by atoms with Gasteiger partial charge >= 0.3 is 0 Å². The van der Waals surface area contributed by atoms with E-state index in [4.69, 9.17) is 15.7 Å². The van der Waals surface area contributed by atoms with E-state index in [9.17, 15) is 0 Å². The zero-order valence-corrected chi connectivity index (χ0v) is 4.44. The maximum Gasteiger partial charge on any atom is 0.244 e. The van der Waals surface area contributed by atoms with Crippen LogP contribution in [0.1, 0.15) is 13.3 Å². The molecule has 0 spiro atoms. The summed E-state index contributed by atoms with van der Waals surface area (Å²) >= 11 is 0. The zero-order chi connectivity index (χ0) is 6.62. The van der Waals surface area contributed by atoms with Crippen LogP contribution in [0.2, 0.25) is 0 Å². The maximum atomic E-state index is 8.46. The van der Waals surface area contributed by atoms with Gasteiger partial charge in [-0.05, 0) is 10.6 Å². The van der Waals surface area contributed by atoms with Crippen molar-refractivity contribution in [2.24, 2.45) is 5.11 Å². The fourth-order valence-corrected chi connectivity index (χ4v) is 0.142. The molecule has 0 amide bonds. The number of nitrogens with zero attached hydrogens (tertiary/aromatic N) is 3. The van der Waals surface area contributed by atoms with Crippen molar-refractivity contribution in [3.8, 4) is 0 Å². The Morgan fingerprint density at radius 3 is 2.38 bits per heavy atom. The molecule has 8 heavy (non-hydrogen) atoms. The minimum absolute atomic E-state index is 0.00292. The third-order valence-corrected chi connectivity index (χ3v) is 0.679. The van der Waals surface area contributed by atoms with E-state index >= 15 is 0 Å². The van der Waals surface area contributed by atoms with Crippen LogP contribution < -0.4 is 0 Å². The van der Waals surface area contributed by atoms with Crippen LogP contribution in [0.3, 0.4) is 0 Å². The van der Waals surface area contributed by atoms with Crippen molar-refractivity contribution in [2.45, 2.75) is 19.3 Å². The first-order valence-corrected chi connectivity index (χ1v) is 2.13. The van der Waals surface area contributed by atoms with Crippen molar-refractivity contribution in [1.82, 2.24) is 0 Å². The molecule has 0 aromatic rings. The summed E-state index contributed by atoms with van der Waals surface area (Å²) in [6, 6.07) is 0. The number of azide groups is 1. The Labute approximate surface area is 46.2 Å². The second kappa shape index (κ2) is 2.52. The third-order valence-electron chi connectivity index (χ3n) is 0.679. The lowest BCUT2D eigenvalue weighted by Crippen LogP contribution is -2.22. The summed E-state index contributed by atoms with van der Waals surface area (Å²) in [5.74, 6) is -2.20. The van der Waals surface area contributed by atoms with Crippen molar-refractivity contribution < 1.29 is 10.2 Å². The molecule has 2 N–H and O–H groups in total. The van der Waals surface area contributed by atoms with E-state index in [0.717, 1.165) is 0 Å². The number of hydrogen-bond donors (Lipinski definition) is 2.